The lowest BCUT2D eigenvalue weighted by Gasteiger charge is -2.30. The molecule has 3 rings (SSSR count). The predicted octanol–water partition coefficient (Wildman–Crippen LogP) is 3.65. The van der Waals surface area contributed by atoms with Crippen molar-refractivity contribution in [2.45, 2.75) is 52.8 Å². The molecule has 6 nitrogen and oxygen atoms in total. The molecule has 0 fully saturated rings. The molecule has 1 aliphatic rings. The molecular weight excluding hydrogens is 374 g/mol. The smallest absolute Gasteiger partial charge is 0.256 e. The van der Waals surface area contributed by atoms with Crippen molar-refractivity contribution in [1.29, 1.82) is 0 Å². The lowest BCUT2D eigenvalue weighted by atomic mass is 10.0. The third-order valence-corrected chi connectivity index (χ3v) is 5.91. The number of rotatable bonds is 6. The van der Waals surface area contributed by atoms with Crippen LogP contribution in [-0.2, 0) is 13.0 Å². The fourth-order valence-electron chi connectivity index (χ4n) is 3.35. The monoisotopic (exact) mass is 401 g/mol. The molecule has 2 amide bonds. The van der Waals surface area contributed by atoms with Gasteiger partial charge in [0.15, 0.2) is 0 Å². The van der Waals surface area contributed by atoms with Crippen LogP contribution in [0.25, 0.3) is 0 Å². The Morgan fingerprint density at radius 3 is 2.43 bits per heavy atom. The molecule has 3 N–H and O–H groups in total. The van der Waals surface area contributed by atoms with Crippen LogP contribution in [0.4, 0.5) is 5.00 Å². The molecule has 150 valence electrons. The van der Waals surface area contributed by atoms with Crippen molar-refractivity contribution in [3.05, 3.63) is 45.8 Å². The van der Waals surface area contributed by atoms with Crippen LogP contribution in [0.15, 0.2) is 24.3 Å². The Bertz CT molecular complexity index is 872. The number of thiophene rings is 1. The van der Waals surface area contributed by atoms with E-state index in [-0.39, 0.29) is 12.0 Å². The Morgan fingerprint density at radius 1 is 1.18 bits per heavy atom. The van der Waals surface area contributed by atoms with E-state index in [1.54, 1.807) is 24.3 Å². The average Bonchev–Trinajstić information content (AvgIpc) is 2.98. The zero-order valence-electron chi connectivity index (χ0n) is 16.7. The number of hydrogen-bond donors (Lipinski definition) is 2. The van der Waals surface area contributed by atoms with Crippen molar-refractivity contribution in [3.8, 4) is 5.75 Å². The van der Waals surface area contributed by atoms with Crippen LogP contribution >= 0.6 is 11.3 Å². The van der Waals surface area contributed by atoms with Crippen molar-refractivity contribution in [2.24, 2.45) is 5.73 Å². The van der Waals surface area contributed by atoms with E-state index in [2.05, 4.69) is 24.1 Å². The molecule has 0 saturated carbocycles. The molecule has 1 aromatic carbocycles. The minimum atomic E-state index is -0.494. The lowest BCUT2D eigenvalue weighted by Crippen LogP contribution is -2.35. The predicted molar refractivity (Wildman–Crippen MR) is 112 cm³/mol. The number of fused-ring (bicyclic) bond motifs is 1. The fraction of sp³-hybridized carbons (Fsp3) is 0.429. The maximum absolute atomic E-state index is 12.7. The van der Waals surface area contributed by atoms with Gasteiger partial charge in [0.1, 0.15) is 10.8 Å². The molecule has 0 bridgehead atoms. The number of anilines is 1. The SMILES string of the molecule is CC(C)Oc1ccc(C(=O)Nc2sc3c(c2C(N)=O)CCN(C(C)C)C3)cc1. The van der Waals surface area contributed by atoms with E-state index in [0.29, 0.717) is 27.9 Å². The second-order valence-electron chi connectivity index (χ2n) is 7.53. The third-order valence-electron chi connectivity index (χ3n) is 4.78. The third kappa shape index (κ3) is 4.36. The Morgan fingerprint density at radius 2 is 1.86 bits per heavy atom. The molecule has 2 aromatic rings. The first kappa shape index (κ1) is 20.4. The summed E-state index contributed by atoms with van der Waals surface area (Å²) in [6, 6.07) is 7.39. The molecular formula is C21H27N3O3S. The lowest BCUT2D eigenvalue weighted by molar-refractivity contribution is 0.0999. The Hall–Kier alpha value is -2.38. The largest absolute Gasteiger partial charge is 0.491 e. The number of amides is 2. The van der Waals surface area contributed by atoms with E-state index >= 15 is 0 Å². The summed E-state index contributed by atoms with van der Waals surface area (Å²) in [4.78, 5) is 28.2. The summed E-state index contributed by atoms with van der Waals surface area (Å²) in [7, 11) is 0. The minimum absolute atomic E-state index is 0.0700. The van der Waals surface area contributed by atoms with Gasteiger partial charge < -0.3 is 15.8 Å². The number of carbonyl (C=O) groups excluding carboxylic acids is 2. The molecule has 0 spiro atoms. The van der Waals surface area contributed by atoms with Gasteiger partial charge >= 0.3 is 0 Å². The normalized spacial score (nSPS) is 14.2. The van der Waals surface area contributed by atoms with Gasteiger partial charge in [-0.3, -0.25) is 14.5 Å². The number of primary amides is 1. The van der Waals surface area contributed by atoms with Gasteiger partial charge in [-0.2, -0.15) is 0 Å². The van der Waals surface area contributed by atoms with Gasteiger partial charge in [-0.15, -0.1) is 11.3 Å². The summed E-state index contributed by atoms with van der Waals surface area (Å²) in [5.41, 5.74) is 7.58. The van der Waals surface area contributed by atoms with Gasteiger partial charge in [0.05, 0.1) is 11.7 Å². The summed E-state index contributed by atoms with van der Waals surface area (Å²) in [5.74, 6) is -0.0471. The first-order valence-corrected chi connectivity index (χ1v) is 10.3. The number of ether oxygens (including phenoxy) is 1. The molecule has 1 aromatic heterocycles. The molecule has 28 heavy (non-hydrogen) atoms. The van der Waals surface area contributed by atoms with Gasteiger partial charge in [-0.05, 0) is 63.9 Å². The van der Waals surface area contributed by atoms with Crippen LogP contribution in [0.1, 0.15) is 58.9 Å². The molecule has 1 aliphatic heterocycles. The highest BCUT2D eigenvalue weighted by Crippen LogP contribution is 2.37. The second-order valence-corrected chi connectivity index (χ2v) is 8.64. The Kier molecular flexibility index (Phi) is 6.05. The Labute approximate surface area is 169 Å². The van der Waals surface area contributed by atoms with E-state index in [9.17, 15) is 9.59 Å². The number of nitrogens with one attached hydrogen (secondary N) is 1. The number of nitrogens with zero attached hydrogens (tertiary/aromatic N) is 1. The van der Waals surface area contributed by atoms with Crippen molar-refractivity contribution in [3.63, 3.8) is 0 Å². The maximum Gasteiger partial charge on any atom is 0.256 e. The summed E-state index contributed by atoms with van der Waals surface area (Å²) in [5, 5.41) is 3.43. The summed E-state index contributed by atoms with van der Waals surface area (Å²) >= 11 is 1.45. The zero-order chi connectivity index (χ0) is 20.4. The standard InChI is InChI=1S/C21H27N3O3S/c1-12(2)24-10-9-16-17(11-24)28-21(18(16)19(22)25)23-20(26)14-5-7-15(8-6-14)27-13(3)4/h5-8,12-13H,9-11H2,1-4H3,(H2,22,25)(H,23,26). The van der Waals surface area contributed by atoms with Crippen molar-refractivity contribution in [2.75, 3.05) is 11.9 Å². The molecule has 0 radical (unpaired) electrons. The van der Waals surface area contributed by atoms with Gasteiger partial charge in [-0.25, -0.2) is 0 Å². The van der Waals surface area contributed by atoms with Gasteiger partial charge in [0.25, 0.3) is 11.8 Å². The summed E-state index contributed by atoms with van der Waals surface area (Å²) < 4.78 is 5.61. The second kappa shape index (κ2) is 8.32. The van der Waals surface area contributed by atoms with Gasteiger partial charge in [-0.1, -0.05) is 0 Å². The molecule has 7 heteroatoms. The topological polar surface area (TPSA) is 84.7 Å². The van der Waals surface area contributed by atoms with E-state index in [4.69, 9.17) is 10.5 Å². The van der Waals surface area contributed by atoms with Crippen LogP contribution in [-0.4, -0.2) is 35.4 Å². The van der Waals surface area contributed by atoms with Crippen LogP contribution in [0.5, 0.6) is 5.75 Å². The highest BCUT2D eigenvalue weighted by Gasteiger charge is 2.28. The fourth-order valence-corrected chi connectivity index (χ4v) is 4.62. The van der Waals surface area contributed by atoms with Gasteiger partial charge in [0, 0.05) is 29.6 Å². The highest BCUT2D eigenvalue weighted by molar-refractivity contribution is 7.17. The molecule has 0 aliphatic carbocycles. The van der Waals surface area contributed by atoms with E-state index in [1.165, 1.54) is 11.3 Å². The number of nitrogens with two attached hydrogens (primary N) is 1. The quantitative estimate of drug-likeness (QED) is 0.774. The highest BCUT2D eigenvalue weighted by atomic mass is 32.1. The van der Waals surface area contributed by atoms with E-state index in [1.807, 2.05) is 13.8 Å². The minimum Gasteiger partial charge on any atom is -0.491 e. The molecule has 0 atom stereocenters. The van der Waals surface area contributed by atoms with E-state index in [0.717, 1.165) is 30.0 Å². The van der Waals surface area contributed by atoms with Crippen LogP contribution in [0.3, 0.4) is 0 Å². The van der Waals surface area contributed by atoms with Crippen LogP contribution < -0.4 is 15.8 Å². The average molecular weight is 402 g/mol. The number of hydrogen-bond acceptors (Lipinski definition) is 5. The van der Waals surface area contributed by atoms with Crippen molar-refractivity contribution in [1.82, 2.24) is 4.90 Å². The van der Waals surface area contributed by atoms with E-state index < -0.39 is 5.91 Å². The summed E-state index contributed by atoms with van der Waals surface area (Å²) in [6.45, 7) is 9.86. The molecule has 2 heterocycles. The van der Waals surface area contributed by atoms with Crippen molar-refractivity contribution >= 4 is 28.2 Å². The first-order valence-electron chi connectivity index (χ1n) is 9.52. The zero-order valence-corrected chi connectivity index (χ0v) is 17.6. The summed E-state index contributed by atoms with van der Waals surface area (Å²) in [6.07, 6.45) is 0.833. The Balaban J connectivity index is 1.82. The molecule has 0 saturated heterocycles. The van der Waals surface area contributed by atoms with Gasteiger partial charge in [0.2, 0.25) is 0 Å². The number of benzene rings is 1. The van der Waals surface area contributed by atoms with Crippen LogP contribution in [0.2, 0.25) is 0 Å². The number of carbonyl (C=O) groups is 2. The van der Waals surface area contributed by atoms with Crippen LogP contribution in [0, 0.1) is 0 Å². The maximum atomic E-state index is 12.7. The van der Waals surface area contributed by atoms with Crippen molar-refractivity contribution < 1.29 is 14.3 Å². The first-order chi connectivity index (χ1) is 13.3. The molecule has 0 unspecified atom stereocenters.